The first-order valence-corrected chi connectivity index (χ1v) is 9.61. The van der Waals surface area contributed by atoms with Crippen LogP contribution in [0.3, 0.4) is 0 Å². The van der Waals surface area contributed by atoms with E-state index in [-0.39, 0.29) is 23.8 Å². The average Bonchev–Trinajstić information content (AvgIpc) is 2.89. The van der Waals surface area contributed by atoms with Crippen molar-refractivity contribution in [1.82, 2.24) is 0 Å². The number of hydrogen-bond acceptors (Lipinski definition) is 4. The molecule has 1 aromatic rings. The predicted octanol–water partition coefficient (Wildman–Crippen LogP) is 4.45. The minimum Gasteiger partial charge on any atom is -0.457 e. The molecule has 0 saturated heterocycles. The van der Waals surface area contributed by atoms with Gasteiger partial charge in [0.25, 0.3) is 0 Å². The highest BCUT2D eigenvalue weighted by molar-refractivity contribution is 9.11. The summed E-state index contributed by atoms with van der Waals surface area (Å²) in [7, 11) is 0. The summed E-state index contributed by atoms with van der Waals surface area (Å²) in [6.07, 6.45) is 6.85. The van der Waals surface area contributed by atoms with Crippen molar-refractivity contribution < 1.29 is 14.3 Å². The molecule has 22 heavy (non-hydrogen) atoms. The fraction of sp³-hybridized carbons (Fsp3) is 0.647. The molecule has 0 unspecified atom stereocenters. The Hall–Kier alpha value is -0.680. The van der Waals surface area contributed by atoms with Crippen LogP contribution in [-0.2, 0) is 9.53 Å². The van der Waals surface area contributed by atoms with Crippen molar-refractivity contribution in [2.24, 2.45) is 23.2 Å². The molecule has 4 bridgehead atoms. The molecule has 0 spiro atoms. The monoisotopic (exact) mass is 382 g/mol. The van der Waals surface area contributed by atoms with Gasteiger partial charge in [0, 0.05) is 0 Å². The van der Waals surface area contributed by atoms with Crippen LogP contribution in [0, 0.1) is 23.2 Å². The van der Waals surface area contributed by atoms with Crippen molar-refractivity contribution in [2.75, 3.05) is 6.61 Å². The van der Waals surface area contributed by atoms with Crippen LogP contribution >= 0.6 is 27.3 Å². The zero-order valence-corrected chi connectivity index (χ0v) is 14.7. The summed E-state index contributed by atoms with van der Waals surface area (Å²) >= 11 is 4.73. The van der Waals surface area contributed by atoms with Crippen molar-refractivity contribution in [2.45, 2.75) is 38.5 Å². The van der Waals surface area contributed by atoms with Crippen molar-refractivity contribution in [1.29, 1.82) is 0 Å². The number of ketones is 1. The van der Waals surface area contributed by atoms with E-state index in [4.69, 9.17) is 4.74 Å². The van der Waals surface area contributed by atoms with Gasteiger partial charge in [0.15, 0.2) is 6.61 Å². The molecule has 4 saturated carbocycles. The zero-order valence-electron chi connectivity index (χ0n) is 12.3. The number of rotatable bonds is 4. The average molecular weight is 383 g/mol. The van der Waals surface area contributed by atoms with E-state index in [0.717, 1.165) is 23.0 Å². The molecule has 5 rings (SSSR count). The lowest BCUT2D eigenvalue weighted by Gasteiger charge is -2.55. The molecular weight excluding hydrogens is 364 g/mol. The molecule has 0 atom stereocenters. The standard InChI is InChI=1S/C17H19BrO3S/c18-15-2-1-14(22-15)13(19)9-21-16(20)17-6-10-3-11(7-17)5-12(4-10)8-17/h1-2,10-12H,3-9H2. The highest BCUT2D eigenvalue weighted by Crippen LogP contribution is 2.60. The van der Waals surface area contributed by atoms with E-state index in [9.17, 15) is 9.59 Å². The number of carbonyl (C=O) groups excluding carboxylic acids is 2. The normalized spacial score (nSPS) is 35.6. The first kappa shape index (κ1) is 14.9. The summed E-state index contributed by atoms with van der Waals surface area (Å²) in [4.78, 5) is 25.4. The molecule has 0 aromatic carbocycles. The predicted molar refractivity (Wildman–Crippen MR) is 87.9 cm³/mol. The number of Topliss-reactive ketones (excluding diaryl/α,β-unsaturated/α-hetero) is 1. The van der Waals surface area contributed by atoms with Gasteiger partial charge in [-0.1, -0.05) is 0 Å². The van der Waals surface area contributed by atoms with E-state index in [1.54, 1.807) is 6.07 Å². The second-order valence-electron chi connectivity index (χ2n) is 7.30. The zero-order chi connectivity index (χ0) is 15.3. The van der Waals surface area contributed by atoms with Gasteiger partial charge in [-0.3, -0.25) is 9.59 Å². The van der Waals surface area contributed by atoms with E-state index in [1.165, 1.54) is 30.6 Å². The third-order valence-corrected chi connectivity index (χ3v) is 7.32. The minimum atomic E-state index is -0.273. The molecule has 3 nitrogen and oxygen atoms in total. The number of esters is 1. The van der Waals surface area contributed by atoms with Crippen molar-refractivity contribution in [3.8, 4) is 0 Å². The Balaban J connectivity index is 1.41. The van der Waals surface area contributed by atoms with Gasteiger partial charge in [-0.15, -0.1) is 11.3 Å². The molecule has 0 aliphatic heterocycles. The van der Waals surface area contributed by atoms with Crippen molar-refractivity contribution in [3.63, 3.8) is 0 Å². The van der Waals surface area contributed by atoms with E-state index in [2.05, 4.69) is 15.9 Å². The maximum atomic E-state index is 12.7. The maximum Gasteiger partial charge on any atom is 0.312 e. The summed E-state index contributed by atoms with van der Waals surface area (Å²) in [6, 6.07) is 3.62. The SMILES string of the molecule is O=C(COC(=O)C12CC3CC(CC(C3)C1)C2)c1ccc(Br)s1. The Bertz CT molecular complexity index is 586. The highest BCUT2D eigenvalue weighted by atomic mass is 79.9. The maximum absolute atomic E-state index is 12.7. The largest absolute Gasteiger partial charge is 0.457 e. The quantitative estimate of drug-likeness (QED) is 0.570. The number of halogens is 1. The van der Waals surface area contributed by atoms with Crippen LogP contribution in [0.4, 0.5) is 0 Å². The van der Waals surface area contributed by atoms with Crippen molar-refractivity contribution >= 4 is 39.0 Å². The highest BCUT2D eigenvalue weighted by Gasteiger charge is 2.55. The molecular formula is C17H19BrO3S. The Morgan fingerprint density at radius 1 is 1.14 bits per heavy atom. The number of hydrogen-bond donors (Lipinski definition) is 0. The van der Waals surface area contributed by atoms with Crippen LogP contribution in [0.25, 0.3) is 0 Å². The molecule has 0 N–H and O–H groups in total. The summed E-state index contributed by atoms with van der Waals surface area (Å²) in [6.45, 7) is -0.118. The summed E-state index contributed by atoms with van der Waals surface area (Å²) in [5.74, 6) is 1.91. The summed E-state index contributed by atoms with van der Waals surface area (Å²) in [5, 5.41) is 0. The Morgan fingerprint density at radius 2 is 1.73 bits per heavy atom. The van der Waals surface area contributed by atoms with Crippen LogP contribution in [0.2, 0.25) is 0 Å². The lowest BCUT2D eigenvalue weighted by molar-refractivity contribution is -0.170. The lowest BCUT2D eigenvalue weighted by atomic mass is 9.49. The second kappa shape index (κ2) is 5.45. The molecule has 1 heterocycles. The van der Waals surface area contributed by atoms with E-state index in [0.29, 0.717) is 22.6 Å². The van der Waals surface area contributed by atoms with Gasteiger partial charge in [-0.05, 0) is 84.3 Å². The summed E-state index contributed by atoms with van der Waals surface area (Å²) < 4.78 is 6.37. The van der Waals surface area contributed by atoms with Gasteiger partial charge in [0.1, 0.15) is 0 Å². The lowest BCUT2D eigenvalue weighted by Crippen LogP contribution is -2.50. The molecule has 0 radical (unpaired) electrons. The molecule has 0 amide bonds. The summed E-state index contributed by atoms with van der Waals surface area (Å²) in [5.41, 5.74) is -0.273. The van der Waals surface area contributed by atoms with Crippen LogP contribution in [-0.4, -0.2) is 18.4 Å². The Morgan fingerprint density at radius 3 is 2.23 bits per heavy atom. The van der Waals surface area contributed by atoms with Gasteiger partial charge in [0.2, 0.25) is 5.78 Å². The van der Waals surface area contributed by atoms with E-state index >= 15 is 0 Å². The van der Waals surface area contributed by atoms with Gasteiger partial charge >= 0.3 is 5.97 Å². The van der Waals surface area contributed by atoms with Crippen LogP contribution < -0.4 is 0 Å². The minimum absolute atomic E-state index is 0.103. The molecule has 5 heteroatoms. The van der Waals surface area contributed by atoms with Crippen LogP contribution in [0.15, 0.2) is 15.9 Å². The molecule has 1 aromatic heterocycles. The third kappa shape index (κ3) is 2.56. The van der Waals surface area contributed by atoms with Crippen LogP contribution in [0.5, 0.6) is 0 Å². The fourth-order valence-corrected chi connectivity index (χ4v) is 6.49. The smallest absolute Gasteiger partial charge is 0.312 e. The van der Waals surface area contributed by atoms with Gasteiger partial charge in [-0.25, -0.2) is 0 Å². The first-order chi connectivity index (χ1) is 10.5. The Kier molecular flexibility index (Phi) is 3.68. The molecule has 4 fully saturated rings. The van der Waals surface area contributed by atoms with Crippen molar-refractivity contribution in [3.05, 3.63) is 20.8 Å². The molecule has 4 aliphatic rings. The van der Waals surface area contributed by atoms with Crippen LogP contribution in [0.1, 0.15) is 48.2 Å². The van der Waals surface area contributed by atoms with Gasteiger partial charge in [0.05, 0.1) is 14.1 Å². The molecule has 118 valence electrons. The molecule has 4 aliphatic carbocycles. The van der Waals surface area contributed by atoms with E-state index < -0.39 is 0 Å². The first-order valence-electron chi connectivity index (χ1n) is 8.00. The third-order valence-electron chi connectivity index (χ3n) is 5.65. The Labute approximate surface area is 142 Å². The topological polar surface area (TPSA) is 43.4 Å². The fourth-order valence-electron chi connectivity index (χ4n) is 5.18. The number of carbonyl (C=O) groups is 2. The van der Waals surface area contributed by atoms with Gasteiger partial charge in [-0.2, -0.15) is 0 Å². The van der Waals surface area contributed by atoms with E-state index in [1.807, 2.05) is 6.07 Å². The van der Waals surface area contributed by atoms with Gasteiger partial charge < -0.3 is 4.74 Å². The number of ether oxygens (including phenoxy) is 1. The number of thiophene rings is 1. The second-order valence-corrected chi connectivity index (χ2v) is 9.76.